The van der Waals surface area contributed by atoms with Crippen molar-refractivity contribution in [3.63, 3.8) is 0 Å². The molecule has 1 heterocycles. The van der Waals surface area contributed by atoms with Crippen LogP contribution in [0.25, 0.3) is 10.6 Å². The molecule has 0 bridgehead atoms. The maximum absolute atomic E-state index is 12.4. The third kappa shape index (κ3) is 4.38. The van der Waals surface area contributed by atoms with E-state index in [1.165, 1.54) is 11.1 Å². The Morgan fingerprint density at radius 2 is 1.88 bits per heavy atom. The van der Waals surface area contributed by atoms with Crippen molar-refractivity contribution in [2.75, 3.05) is 0 Å². The monoisotopic (exact) mass is 364 g/mol. The van der Waals surface area contributed by atoms with Crippen LogP contribution in [0.4, 0.5) is 0 Å². The van der Waals surface area contributed by atoms with Crippen LogP contribution in [0.3, 0.4) is 0 Å². The molecule has 0 aliphatic heterocycles. The smallest absolute Gasteiger partial charge is 0.226 e. The number of hydrogen-bond acceptors (Lipinski definition) is 3. The van der Waals surface area contributed by atoms with Gasteiger partial charge in [0.1, 0.15) is 5.01 Å². The topological polar surface area (TPSA) is 42.0 Å². The lowest BCUT2D eigenvalue weighted by atomic mass is 10.0. The highest BCUT2D eigenvalue weighted by Gasteiger charge is 2.13. The van der Waals surface area contributed by atoms with E-state index in [-0.39, 0.29) is 11.9 Å². The molecule has 0 radical (unpaired) electrons. The molecule has 3 nitrogen and oxygen atoms in total. The van der Waals surface area contributed by atoms with Crippen molar-refractivity contribution < 1.29 is 4.79 Å². The molecule has 1 unspecified atom stereocenters. The molecule has 0 saturated heterocycles. The highest BCUT2D eigenvalue weighted by atomic mass is 32.1. The summed E-state index contributed by atoms with van der Waals surface area (Å²) in [5.41, 5.74) is 5.57. The molecule has 0 saturated carbocycles. The highest BCUT2D eigenvalue weighted by Crippen LogP contribution is 2.24. The molecular formula is C22H24N2OS. The van der Waals surface area contributed by atoms with E-state index < -0.39 is 0 Å². The Balaban J connectivity index is 1.63. The van der Waals surface area contributed by atoms with Gasteiger partial charge in [-0.2, -0.15) is 0 Å². The lowest BCUT2D eigenvalue weighted by molar-refractivity contribution is -0.121. The molecule has 0 spiro atoms. The number of aromatic nitrogens is 1. The van der Waals surface area contributed by atoms with Crippen molar-refractivity contribution in [2.24, 2.45) is 0 Å². The Morgan fingerprint density at radius 1 is 1.15 bits per heavy atom. The summed E-state index contributed by atoms with van der Waals surface area (Å²) >= 11 is 1.58. The van der Waals surface area contributed by atoms with Gasteiger partial charge in [0.15, 0.2) is 0 Å². The van der Waals surface area contributed by atoms with Crippen LogP contribution in [0, 0.1) is 6.92 Å². The van der Waals surface area contributed by atoms with E-state index >= 15 is 0 Å². The highest BCUT2D eigenvalue weighted by molar-refractivity contribution is 7.13. The number of amides is 1. The van der Waals surface area contributed by atoms with Gasteiger partial charge >= 0.3 is 0 Å². The SMILES string of the molecule is CCc1ccc(-c2nc(CC(=O)NC(C)c3ccccc3C)cs2)cc1. The molecule has 3 rings (SSSR count). The largest absolute Gasteiger partial charge is 0.349 e. The maximum atomic E-state index is 12.4. The summed E-state index contributed by atoms with van der Waals surface area (Å²) in [6, 6.07) is 16.6. The van der Waals surface area contributed by atoms with Gasteiger partial charge in [0, 0.05) is 10.9 Å². The molecule has 1 amide bonds. The third-order valence-corrected chi connectivity index (χ3v) is 5.48. The minimum Gasteiger partial charge on any atom is -0.349 e. The average Bonchev–Trinajstić information content (AvgIpc) is 3.10. The molecule has 0 aliphatic rings. The normalized spacial score (nSPS) is 12.0. The van der Waals surface area contributed by atoms with E-state index in [1.54, 1.807) is 11.3 Å². The number of rotatable bonds is 6. The van der Waals surface area contributed by atoms with Crippen molar-refractivity contribution in [3.8, 4) is 10.6 Å². The molecule has 2 aromatic carbocycles. The lowest BCUT2D eigenvalue weighted by Crippen LogP contribution is -2.28. The van der Waals surface area contributed by atoms with Gasteiger partial charge in [0.25, 0.3) is 0 Å². The Bertz CT molecular complexity index is 883. The van der Waals surface area contributed by atoms with Gasteiger partial charge in [0.05, 0.1) is 18.2 Å². The maximum Gasteiger partial charge on any atom is 0.226 e. The van der Waals surface area contributed by atoms with E-state index in [1.807, 2.05) is 24.4 Å². The predicted octanol–water partition coefficient (Wildman–Crippen LogP) is 5.10. The van der Waals surface area contributed by atoms with Gasteiger partial charge in [0.2, 0.25) is 5.91 Å². The predicted molar refractivity (Wildman–Crippen MR) is 108 cm³/mol. The number of nitrogens with one attached hydrogen (secondary N) is 1. The number of carbonyl (C=O) groups excluding carboxylic acids is 1. The van der Waals surface area contributed by atoms with Gasteiger partial charge in [-0.15, -0.1) is 11.3 Å². The molecule has 26 heavy (non-hydrogen) atoms. The molecule has 134 valence electrons. The number of hydrogen-bond donors (Lipinski definition) is 1. The molecule has 0 aliphatic carbocycles. The first-order valence-corrected chi connectivity index (χ1v) is 9.83. The zero-order chi connectivity index (χ0) is 18.5. The summed E-state index contributed by atoms with van der Waals surface area (Å²) in [5.74, 6) is -0.000987. The van der Waals surface area contributed by atoms with Crippen molar-refractivity contribution in [3.05, 3.63) is 76.3 Å². The Labute approximate surface area is 159 Å². The summed E-state index contributed by atoms with van der Waals surface area (Å²) in [6.07, 6.45) is 1.34. The minimum absolute atomic E-state index is 0.000987. The summed E-state index contributed by atoms with van der Waals surface area (Å²) in [5, 5.41) is 6.01. The molecule has 4 heteroatoms. The number of nitrogens with zero attached hydrogens (tertiary/aromatic N) is 1. The minimum atomic E-state index is -0.0107. The Morgan fingerprint density at radius 3 is 2.58 bits per heavy atom. The first kappa shape index (κ1) is 18.3. The van der Waals surface area contributed by atoms with Gasteiger partial charge in [-0.25, -0.2) is 4.98 Å². The van der Waals surface area contributed by atoms with Crippen LogP contribution < -0.4 is 5.32 Å². The van der Waals surface area contributed by atoms with E-state index in [2.05, 4.69) is 60.5 Å². The third-order valence-electron chi connectivity index (χ3n) is 4.54. The second-order valence-electron chi connectivity index (χ2n) is 6.52. The van der Waals surface area contributed by atoms with Crippen molar-refractivity contribution in [2.45, 2.75) is 39.7 Å². The van der Waals surface area contributed by atoms with Crippen LogP contribution in [0.1, 0.15) is 42.3 Å². The van der Waals surface area contributed by atoms with Gasteiger partial charge < -0.3 is 5.32 Å². The Kier molecular flexibility index (Phi) is 5.84. The van der Waals surface area contributed by atoms with Crippen LogP contribution >= 0.6 is 11.3 Å². The number of aryl methyl sites for hydroxylation is 2. The van der Waals surface area contributed by atoms with Crippen molar-refractivity contribution in [1.29, 1.82) is 0 Å². The zero-order valence-corrected chi connectivity index (χ0v) is 16.3. The number of benzene rings is 2. The number of thiazole rings is 1. The quantitative estimate of drug-likeness (QED) is 0.661. The van der Waals surface area contributed by atoms with Crippen LogP contribution in [0.2, 0.25) is 0 Å². The van der Waals surface area contributed by atoms with E-state index in [9.17, 15) is 4.79 Å². The first-order valence-electron chi connectivity index (χ1n) is 8.95. The van der Waals surface area contributed by atoms with Gasteiger partial charge in [-0.05, 0) is 37.0 Å². The fourth-order valence-corrected chi connectivity index (χ4v) is 3.84. The van der Waals surface area contributed by atoms with Gasteiger partial charge in [-0.1, -0.05) is 55.5 Å². The van der Waals surface area contributed by atoms with E-state index in [0.717, 1.165) is 28.2 Å². The van der Waals surface area contributed by atoms with Gasteiger partial charge in [-0.3, -0.25) is 4.79 Å². The van der Waals surface area contributed by atoms with Crippen LogP contribution in [0.15, 0.2) is 53.9 Å². The molecule has 1 aromatic heterocycles. The van der Waals surface area contributed by atoms with Crippen molar-refractivity contribution >= 4 is 17.2 Å². The standard InChI is InChI=1S/C22H24N2OS/c1-4-17-9-11-18(12-10-17)22-24-19(14-26-22)13-21(25)23-16(3)20-8-6-5-7-15(20)2/h5-12,14,16H,4,13H2,1-3H3,(H,23,25). The summed E-state index contributed by atoms with van der Waals surface area (Å²) in [7, 11) is 0. The fraction of sp³-hybridized carbons (Fsp3) is 0.273. The summed E-state index contributed by atoms with van der Waals surface area (Å²) in [4.78, 5) is 17.0. The molecule has 1 N–H and O–H groups in total. The van der Waals surface area contributed by atoms with E-state index in [4.69, 9.17) is 0 Å². The zero-order valence-electron chi connectivity index (χ0n) is 15.5. The van der Waals surface area contributed by atoms with Crippen LogP contribution in [-0.2, 0) is 17.6 Å². The molecule has 1 atom stereocenters. The summed E-state index contributed by atoms with van der Waals surface area (Å²) in [6.45, 7) is 6.23. The first-order chi connectivity index (χ1) is 12.6. The molecule has 0 fully saturated rings. The van der Waals surface area contributed by atoms with Crippen LogP contribution in [-0.4, -0.2) is 10.9 Å². The van der Waals surface area contributed by atoms with Crippen molar-refractivity contribution in [1.82, 2.24) is 10.3 Å². The van der Waals surface area contributed by atoms with Crippen LogP contribution in [0.5, 0.6) is 0 Å². The average molecular weight is 365 g/mol. The lowest BCUT2D eigenvalue weighted by Gasteiger charge is -2.16. The molecular weight excluding hydrogens is 340 g/mol. The fourth-order valence-electron chi connectivity index (χ4n) is 3.01. The van der Waals surface area contributed by atoms with E-state index in [0.29, 0.717) is 6.42 Å². The Hall–Kier alpha value is -2.46. The molecule has 3 aromatic rings. The summed E-state index contributed by atoms with van der Waals surface area (Å²) < 4.78 is 0. The second-order valence-corrected chi connectivity index (χ2v) is 7.38. The second kappa shape index (κ2) is 8.28. The number of carbonyl (C=O) groups is 1.